The van der Waals surface area contributed by atoms with Gasteiger partial charge in [-0.15, -0.1) is 0 Å². The average molecular weight is 274 g/mol. The molecule has 1 atom stereocenters. The van der Waals surface area contributed by atoms with E-state index in [1.165, 1.54) is 0 Å². The third-order valence-electron chi connectivity index (χ3n) is 3.25. The van der Waals surface area contributed by atoms with Gasteiger partial charge in [0.05, 0.1) is 12.8 Å². The molecule has 0 bridgehead atoms. The number of rotatable bonds is 4. The molecule has 2 aromatic rings. The zero-order chi connectivity index (χ0) is 14.7. The van der Waals surface area contributed by atoms with Crippen LogP contribution >= 0.6 is 0 Å². The van der Waals surface area contributed by atoms with Crippen molar-refractivity contribution in [1.82, 2.24) is 9.97 Å². The maximum atomic E-state index is 12.0. The Morgan fingerprint density at radius 2 is 2.05 bits per heavy atom. The molecular weight excluding hydrogens is 256 g/mol. The van der Waals surface area contributed by atoms with Gasteiger partial charge < -0.3 is 14.5 Å². The van der Waals surface area contributed by atoms with Gasteiger partial charge in [-0.05, 0) is 26.0 Å². The van der Waals surface area contributed by atoms with E-state index < -0.39 is 0 Å². The molecule has 5 nitrogen and oxygen atoms in total. The van der Waals surface area contributed by atoms with Gasteiger partial charge in [0.2, 0.25) is 0 Å². The standard InChI is InChI=1S/C15H18N2O3/c1-9-13(11-6-5-7-12(8-11)20-4)16-14(10(2)19-3)17-15(9)18/h5-8,10H,1-4H3,(H,16,17,18). The third kappa shape index (κ3) is 2.72. The number of aromatic nitrogens is 2. The molecule has 20 heavy (non-hydrogen) atoms. The van der Waals surface area contributed by atoms with Crippen molar-refractivity contribution >= 4 is 0 Å². The van der Waals surface area contributed by atoms with Gasteiger partial charge in [0.15, 0.2) is 0 Å². The first-order valence-corrected chi connectivity index (χ1v) is 6.35. The predicted molar refractivity (Wildman–Crippen MR) is 77.0 cm³/mol. The summed E-state index contributed by atoms with van der Waals surface area (Å²) in [7, 11) is 3.19. The lowest BCUT2D eigenvalue weighted by Crippen LogP contribution is -2.18. The SMILES string of the molecule is COc1cccc(-c2nc(C(C)OC)[nH]c(=O)c2C)c1. The van der Waals surface area contributed by atoms with Crippen LogP contribution in [0.15, 0.2) is 29.1 Å². The second kappa shape index (κ2) is 5.88. The summed E-state index contributed by atoms with van der Waals surface area (Å²) in [4.78, 5) is 19.3. The number of ether oxygens (including phenoxy) is 2. The van der Waals surface area contributed by atoms with Gasteiger partial charge in [-0.25, -0.2) is 4.98 Å². The normalized spacial score (nSPS) is 12.2. The summed E-state index contributed by atoms with van der Waals surface area (Å²) in [5.41, 5.74) is 1.91. The minimum Gasteiger partial charge on any atom is -0.497 e. The summed E-state index contributed by atoms with van der Waals surface area (Å²) < 4.78 is 10.4. The Morgan fingerprint density at radius 3 is 2.70 bits per heavy atom. The van der Waals surface area contributed by atoms with E-state index in [4.69, 9.17) is 9.47 Å². The number of nitrogens with zero attached hydrogens (tertiary/aromatic N) is 1. The van der Waals surface area contributed by atoms with Gasteiger partial charge in [-0.1, -0.05) is 12.1 Å². The second-order valence-electron chi connectivity index (χ2n) is 4.53. The van der Waals surface area contributed by atoms with E-state index in [-0.39, 0.29) is 11.7 Å². The lowest BCUT2D eigenvalue weighted by molar-refractivity contribution is 0.112. The van der Waals surface area contributed by atoms with Gasteiger partial charge in [-0.2, -0.15) is 0 Å². The quantitative estimate of drug-likeness (QED) is 0.930. The first kappa shape index (κ1) is 14.3. The molecule has 0 amide bonds. The summed E-state index contributed by atoms with van der Waals surface area (Å²) in [6.07, 6.45) is -0.271. The molecule has 0 aliphatic carbocycles. The lowest BCUT2D eigenvalue weighted by Gasteiger charge is -2.12. The van der Waals surface area contributed by atoms with Crippen LogP contribution in [0.4, 0.5) is 0 Å². The maximum Gasteiger partial charge on any atom is 0.254 e. The van der Waals surface area contributed by atoms with E-state index >= 15 is 0 Å². The van der Waals surface area contributed by atoms with Crippen LogP contribution in [-0.4, -0.2) is 24.2 Å². The highest BCUT2D eigenvalue weighted by molar-refractivity contribution is 5.64. The van der Waals surface area contributed by atoms with Crippen LogP contribution in [-0.2, 0) is 4.74 Å². The molecule has 0 saturated carbocycles. The van der Waals surface area contributed by atoms with Gasteiger partial charge in [0.1, 0.15) is 17.7 Å². The summed E-state index contributed by atoms with van der Waals surface area (Å²) in [5.74, 6) is 1.24. The number of H-pyrrole nitrogens is 1. The van der Waals surface area contributed by atoms with Crippen molar-refractivity contribution in [2.75, 3.05) is 14.2 Å². The molecular formula is C15H18N2O3. The van der Waals surface area contributed by atoms with Crippen molar-refractivity contribution in [2.45, 2.75) is 20.0 Å². The van der Waals surface area contributed by atoms with E-state index in [1.807, 2.05) is 31.2 Å². The Bertz CT molecular complexity index is 664. The molecule has 0 saturated heterocycles. The van der Waals surface area contributed by atoms with E-state index in [1.54, 1.807) is 21.1 Å². The predicted octanol–water partition coefficient (Wildman–Crippen LogP) is 2.46. The Labute approximate surface area is 117 Å². The van der Waals surface area contributed by atoms with Crippen LogP contribution in [0.1, 0.15) is 24.4 Å². The van der Waals surface area contributed by atoms with Crippen LogP contribution in [0, 0.1) is 6.92 Å². The zero-order valence-electron chi connectivity index (χ0n) is 12.1. The largest absolute Gasteiger partial charge is 0.497 e. The van der Waals surface area contributed by atoms with Crippen molar-refractivity contribution in [3.63, 3.8) is 0 Å². The first-order chi connectivity index (χ1) is 9.56. The highest BCUT2D eigenvalue weighted by Crippen LogP contribution is 2.24. The highest BCUT2D eigenvalue weighted by atomic mass is 16.5. The monoisotopic (exact) mass is 274 g/mol. The fourth-order valence-corrected chi connectivity index (χ4v) is 1.91. The highest BCUT2D eigenvalue weighted by Gasteiger charge is 2.14. The van der Waals surface area contributed by atoms with E-state index in [0.717, 1.165) is 11.3 Å². The van der Waals surface area contributed by atoms with Crippen molar-refractivity contribution < 1.29 is 9.47 Å². The molecule has 1 unspecified atom stereocenters. The van der Waals surface area contributed by atoms with Crippen LogP contribution in [0.3, 0.4) is 0 Å². The van der Waals surface area contributed by atoms with Gasteiger partial charge in [-0.3, -0.25) is 4.79 Å². The fourth-order valence-electron chi connectivity index (χ4n) is 1.91. The molecule has 0 fully saturated rings. The van der Waals surface area contributed by atoms with Crippen molar-refractivity contribution in [3.8, 4) is 17.0 Å². The molecule has 1 N–H and O–H groups in total. The number of hydrogen-bond donors (Lipinski definition) is 1. The first-order valence-electron chi connectivity index (χ1n) is 6.35. The lowest BCUT2D eigenvalue weighted by atomic mass is 10.1. The van der Waals surface area contributed by atoms with E-state index in [0.29, 0.717) is 17.1 Å². The average Bonchev–Trinajstić information content (AvgIpc) is 2.49. The molecule has 5 heteroatoms. The molecule has 106 valence electrons. The molecule has 0 radical (unpaired) electrons. The summed E-state index contributed by atoms with van der Waals surface area (Å²) >= 11 is 0. The minimum absolute atomic E-state index is 0.156. The van der Waals surface area contributed by atoms with Crippen LogP contribution in [0.5, 0.6) is 5.75 Å². The van der Waals surface area contributed by atoms with Crippen molar-refractivity contribution in [1.29, 1.82) is 0 Å². The zero-order valence-corrected chi connectivity index (χ0v) is 12.1. The third-order valence-corrected chi connectivity index (χ3v) is 3.25. The van der Waals surface area contributed by atoms with Crippen molar-refractivity contribution in [2.24, 2.45) is 0 Å². The van der Waals surface area contributed by atoms with Crippen LogP contribution in [0.2, 0.25) is 0 Å². The summed E-state index contributed by atoms with van der Waals surface area (Å²) in [6, 6.07) is 7.48. The number of aromatic amines is 1. The number of benzene rings is 1. The molecule has 1 aromatic heterocycles. The molecule has 1 aromatic carbocycles. The van der Waals surface area contributed by atoms with E-state index in [9.17, 15) is 4.79 Å². The Morgan fingerprint density at radius 1 is 1.30 bits per heavy atom. The molecule has 0 aliphatic rings. The van der Waals surface area contributed by atoms with Gasteiger partial charge >= 0.3 is 0 Å². The molecule has 1 heterocycles. The number of hydrogen-bond acceptors (Lipinski definition) is 4. The Balaban J connectivity index is 2.60. The van der Waals surface area contributed by atoms with Crippen LogP contribution in [0.25, 0.3) is 11.3 Å². The Kier molecular flexibility index (Phi) is 4.20. The molecule has 0 spiro atoms. The minimum atomic E-state index is -0.271. The summed E-state index contributed by atoms with van der Waals surface area (Å²) in [6.45, 7) is 3.59. The Hall–Kier alpha value is -2.14. The molecule has 2 rings (SSSR count). The summed E-state index contributed by atoms with van der Waals surface area (Å²) in [5, 5.41) is 0. The van der Waals surface area contributed by atoms with Gasteiger partial charge in [0, 0.05) is 18.2 Å². The number of methoxy groups -OCH3 is 2. The topological polar surface area (TPSA) is 64.2 Å². The fraction of sp³-hybridized carbons (Fsp3) is 0.333. The van der Waals surface area contributed by atoms with Crippen LogP contribution < -0.4 is 10.3 Å². The molecule has 0 aliphatic heterocycles. The van der Waals surface area contributed by atoms with E-state index in [2.05, 4.69) is 9.97 Å². The second-order valence-corrected chi connectivity index (χ2v) is 4.53. The number of nitrogens with one attached hydrogen (secondary N) is 1. The van der Waals surface area contributed by atoms with Crippen molar-refractivity contribution in [3.05, 3.63) is 46.0 Å². The van der Waals surface area contributed by atoms with Gasteiger partial charge in [0.25, 0.3) is 5.56 Å². The smallest absolute Gasteiger partial charge is 0.254 e. The maximum absolute atomic E-state index is 12.0.